The second-order valence-corrected chi connectivity index (χ2v) is 5.86. The van der Waals surface area contributed by atoms with Crippen molar-refractivity contribution in [1.29, 1.82) is 0 Å². The van der Waals surface area contributed by atoms with Crippen LogP contribution in [0.5, 0.6) is 0 Å². The molecule has 0 aromatic heterocycles. The Bertz CT molecular complexity index is 606. The molecule has 2 aromatic carbocycles. The predicted octanol–water partition coefficient (Wildman–Crippen LogP) is 3.75. The molecule has 110 valence electrons. The van der Waals surface area contributed by atoms with E-state index in [0.717, 1.165) is 26.1 Å². The minimum Gasteiger partial charge on any atom is -0.364 e. The molecular weight excluding hydrogens is 256 g/mol. The lowest BCUT2D eigenvalue weighted by Crippen LogP contribution is -2.29. The third-order valence-electron chi connectivity index (χ3n) is 4.37. The topological polar surface area (TPSA) is 15.3 Å². The summed E-state index contributed by atoms with van der Waals surface area (Å²) in [5.74, 6) is 0. The molecule has 3 rings (SSSR count). The molecule has 1 aliphatic heterocycles. The summed E-state index contributed by atoms with van der Waals surface area (Å²) in [6.07, 6.45) is 1.16. The van der Waals surface area contributed by atoms with Gasteiger partial charge in [-0.05, 0) is 42.6 Å². The van der Waals surface area contributed by atoms with Crippen molar-refractivity contribution in [3.05, 3.63) is 65.2 Å². The molecule has 0 spiro atoms. The van der Waals surface area contributed by atoms with Crippen LogP contribution in [0.4, 0.5) is 5.69 Å². The van der Waals surface area contributed by atoms with Crippen molar-refractivity contribution in [2.45, 2.75) is 39.4 Å². The van der Waals surface area contributed by atoms with E-state index in [-0.39, 0.29) is 0 Å². The van der Waals surface area contributed by atoms with Gasteiger partial charge in [0, 0.05) is 24.8 Å². The summed E-state index contributed by atoms with van der Waals surface area (Å²) in [5, 5.41) is 3.44. The monoisotopic (exact) mass is 280 g/mol. The molecule has 1 N–H and O–H groups in total. The molecule has 0 radical (unpaired) electrons. The van der Waals surface area contributed by atoms with E-state index in [2.05, 4.69) is 72.6 Å². The highest BCUT2D eigenvalue weighted by molar-refractivity contribution is 5.59. The summed E-state index contributed by atoms with van der Waals surface area (Å²) in [6.45, 7) is 7.45. The van der Waals surface area contributed by atoms with Crippen molar-refractivity contribution in [2.75, 3.05) is 11.4 Å². The number of anilines is 1. The summed E-state index contributed by atoms with van der Waals surface area (Å²) in [5.41, 5.74) is 5.73. The SMILES string of the molecule is CCNCc1ccccc1CN1c2ccccc2CC1C. The Morgan fingerprint density at radius 3 is 2.57 bits per heavy atom. The molecule has 1 atom stereocenters. The Morgan fingerprint density at radius 2 is 1.76 bits per heavy atom. The molecule has 2 nitrogen and oxygen atoms in total. The van der Waals surface area contributed by atoms with Crippen molar-refractivity contribution in [1.82, 2.24) is 5.32 Å². The van der Waals surface area contributed by atoms with Gasteiger partial charge in [-0.25, -0.2) is 0 Å². The number of hydrogen-bond donors (Lipinski definition) is 1. The van der Waals surface area contributed by atoms with Gasteiger partial charge in [0.1, 0.15) is 0 Å². The molecule has 2 heteroatoms. The van der Waals surface area contributed by atoms with E-state index in [0.29, 0.717) is 6.04 Å². The summed E-state index contributed by atoms with van der Waals surface area (Å²) >= 11 is 0. The van der Waals surface area contributed by atoms with Crippen LogP contribution < -0.4 is 10.2 Å². The Morgan fingerprint density at radius 1 is 1.05 bits per heavy atom. The van der Waals surface area contributed by atoms with Gasteiger partial charge in [0.05, 0.1) is 0 Å². The van der Waals surface area contributed by atoms with Crippen LogP contribution in [-0.4, -0.2) is 12.6 Å². The summed E-state index contributed by atoms with van der Waals surface area (Å²) in [6, 6.07) is 18.2. The fourth-order valence-electron chi connectivity index (χ4n) is 3.20. The third-order valence-corrected chi connectivity index (χ3v) is 4.37. The lowest BCUT2D eigenvalue weighted by atomic mass is 10.1. The van der Waals surface area contributed by atoms with E-state index >= 15 is 0 Å². The van der Waals surface area contributed by atoms with Crippen molar-refractivity contribution in [2.24, 2.45) is 0 Å². The lowest BCUT2D eigenvalue weighted by molar-refractivity contribution is 0.662. The summed E-state index contributed by atoms with van der Waals surface area (Å²) < 4.78 is 0. The molecular formula is C19H24N2. The van der Waals surface area contributed by atoms with Crippen LogP contribution in [0.2, 0.25) is 0 Å². The van der Waals surface area contributed by atoms with Crippen LogP contribution in [0, 0.1) is 0 Å². The van der Waals surface area contributed by atoms with E-state index in [1.54, 1.807) is 0 Å². The molecule has 1 heterocycles. The second-order valence-electron chi connectivity index (χ2n) is 5.86. The number of nitrogens with zero attached hydrogens (tertiary/aromatic N) is 1. The summed E-state index contributed by atoms with van der Waals surface area (Å²) in [4.78, 5) is 2.54. The smallest absolute Gasteiger partial charge is 0.0435 e. The van der Waals surface area contributed by atoms with Gasteiger partial charge in [0.25, 0.3) is 0 Å². The van der Waals surface area contributed by atoms with E-state index in [9.17, 15) is 0 Å². The number of rotatable bonds is 5. The van der Waals surface area contributed by atoms with Crippen LogP contribution in [0.1, 0.15) is 30.5 Å². The first-order valence-electron chi connectivity index (χ1n) is 7.91. The van der Waals surface area contributed by atoms with Gasteiger partial charge in [-0.15, -0.1) is 0 Å². The zero-order valence-corrected chi connectivity index (χ0v) is 13.0. The molecule has 0 amide bonds. The summed E-state index contributed by atoms with van der Waals surface area (Å²) in [7, 11) is 0. The quantitative estimate of drug-likeness (QED) is 0.897. The maximum atomic E-state index is 3.44. The average molecular weight is 280 g/mol. The standard InChI is InChI=1S/C19H24N2/c1-3-20-13-17-9-4-5-10-18(17)14-21-15(2)12-16-8-6-7-11-19(16)21/h4-11,15,20H,3,12-14H2,1-2H3. The molecule has 21 heavy (non-hydrogen) atoms. The highest BCUT2D eigenvalue weighted by atomic mass is 15.2. The molecule has 2 aromatic rings. The van der Waals surface area contributed by atoms with Gasteiger partial charge in [0.2, 0.25) is 0 Å². The van der Waals surface area contributed by atoms with Gasteiger partial charge in [0.15, 0.2) is 0 Å². The zero-order valence-electron chi connectivity index (χ0n) is 13.0. The Labute approximate surface area is 127 Å². The Balaban J connectivity index is 1.84. The maximum absolute atomic E-state index is 3.44. The fraction of sp³-hybridized carbons (Fsp3) is 0.368. The van der Waals surface area contributed by atoms with Crippen LogP contribution in [0.3, 0.4) is 0 Å². The normalized spacial score (nSPS) is 17.0. The van der Waals surface area contributed by atoms with Gasteiger partial charge in [-0.2, -0.15) is 0 Å². The highest BCUT2D eigenvalue weighted by Gasteiger charge is 2.25. The maximum Gasteiger partial charge on any atom is 0.0435 e. The number of benzene rings is 2. The lowest BCUT2D eigenvalue weighted by Gasteiger charge is -2.26. The molecule has 0 saturated heterocycles. The van der Waals surface area contributed by atoms with Crippen molar-refractivity contribution < 1.29 is 0 Å². The number of fused-ring (bicyclic) bond motifs is 1. The first kappa shape index (κ1) is 14.2. The number of para-hydroxylation sites is 1. The average Bonchev–Trinajstić information content (AvgIpc) is 2.82. The van der Waals surface area contributed by atoms with Gasteiger partial charge in [-0.1, -0.05) is 49.4 Å². The van der Waals surface area contributed by atoms with Crippen molar-refractivity contribution in [3.63, 3.8) is 0 Å². The minimum atomic E-state index is 0.578. The van der Waals surface area contributed by atoms with E-state index in [1.807, 2.05) is 0 Å². The van der Waals surface area contributed by atoms with Crippen molar-refractivity contribution >= 4 is 5.69 Å². The second kappa shape index (κ2) is 6.31. The van der Waals surface area contributed by atoms with E-state index in [1.165, 1.54) is 22.4 Å². The molecule has 1 unspecified atom stereocenters. The first-order valence-corrected chi connectivity index (χ1v) is 7.91. The Kier molecular flexibility index (Phi) is 4.26. The molecule has 1 aliphatic rings. The minimum absolute atomic E-state index is 0.578. The third kappa shape index (κ3) is 2.96. The van der Waals surface area contributed by atoms with Crippen LogP contribution in [0.25, 0.3) is 0 Å². The van der Waals surface area contributed by atoms with E-state index in [4.69, 9.17) is 0 Å². The van der Waals surface area contributed by atoms with Gasteiger partial charge in [-0.3, -0.25) is 0 Å². The van der Waals surface area contributed by atoms with Crippen LogP contribution in [0.15, 0.2) is 48.5 Å². The molecule has 0 aliphatic carbocycles. The zero-order chi connectivity index (χ0) is 14.7. The molecule has 0 saturated carbocycles. The van der Waals surface area contributed by atoms with E-state index < -0.39 is 0 Å². The number of hydrogen-bond acceptors (Lipinski definition) is 2. The number of nitrogens with one attached hydrogen (secondary N) is 1. The molecule has 0 bridgehead atoms. The van der Waals surface area contributed by atoms with Crippen LogP contribution in [-0.2, 0) is 19.5 Å². The van der Waals surface area contributed by atoms with Crippen molar-refractivity contribution in [3.8, 4) is 0 Å². The molecule has 0 fully saturated rings. The first-order chi connectivity index (χ1) is 10.3. The fourth-order valence-corrected chi connectivity index (χ4v) is 3.20. The predicted molar refractivity (Wildman–Crippen MR) is 89.6 cm³/mol. The van der Waals surface area contributed by atoms with Gasteiger partial charge < -0.3 is 10.2 Å². The van der Waals surface area contributed by atoms with Gasteiger partial charge >= 0.3 is 0 Å². The largest absolute Gasteiger partial charge is 0.364 e. The van der Waals surface area contributed by atoms with Crippen LogP contribution >= 0.6 is 0 Å². The highest BCUT2D eigenvalue weighted by Crippen LogP contribution is 2.33. The Hall–Kier alpha value is -1.80.